The number of likely N-dealkylation sites (tertiary alicyclic amines) is 1. The number of likely N-dealkylation sites (N-methyl/N-ethyl adjacent to an activating group) is 1. The first kappa shape index (κ1) is 19.9. The second-order valence-electron chi connectivity index (χ2n) is 7.59. The van der Waals surface area contributed by atoms with Crippen molar-refractivity contribution < 1.29 is 22.8 Å². The zero-order chi connectivity index (χ0) is 20.8. The molecule has 1 aromatic heterocycles. The summed E-state index contributed by atoms with van der Waals surface area (Å²) >= 11 is 1.52. The van der Waals surface area contributed by atoms with Gasteiger partial charge in [0.05, 0.1) is 23.3 Å². The van der Waals surface area contributed by atoms with E-state index >= 15 is 0 Å². The molecule has 9 heteroatoms. The molecule has 29 heavy (non-hydrogen) atoms. The van der Waals surface area contributed by atoms with Crippen LogP contribution in [0, 0.1) is 0 Å². The topological polar surface area (TPSA) is 43.9 Å². The summed E-state index contributed by atoms with van der Waals surface area (Å²) in [5.41, 5.74) is -0.0413. The number of piperazine rings is 1. The minimum absolute atomic E-state index is 0.0176. The number of anilines is 1. The van der Waals surface area contributed by atoms with Crippen molar-refractivity contribution in [2.75, 3.05) is 38.1 Å². The molecule has 1 aromatic carbocycles. The summed E-state index contributed by atoms with van der Waals surface area (Å²) in [5.74, 6) is -0.271. The Morgan fingerprint density at radius 2 is 1.86 bits per heavy atom. The zero-order valence-electron chi connectivity index (χ0n) is 15.8. The monoisotopic (exact) mass is 423 g/mol. The first-order valence-corrected chi connectivity index (χ1v) is 10.1. The molecule has 154 valence electrons. The number of carbonyl (C=O) groups is 2. The predicted octanol–water partition coefficient (Wildman–Crippen LogP) is 3.33. The number of alkyl halides is 3. The van der Waals surface area contributed by atoms with E-state index in [1.165, 1.54) is 23.5 Å². The lowest BCUT2D eigenvalue weighted by molar-refractivity contribution is -0.137. The van der Waals surface area contributed by atoms with Gasteiger partial charge in [0, 0.05) is 30.6 Å². The van der Waals surface area contributed by atoms with Crippen molar-refractivity contribution >= 4 is 28.8 Å². The summed E-state index contributed by atoms with van der Waals surface area (Å²) in [6.07, 6.45) is -3.73. The smallest absolute Gasteiger partial charge is 0.337 e. The molecule has 2 amide bonds. The molecule has 0 bridgehead atoms. The van der Waals surface area contributed by atoms with Crippen LogP contribution < -0.4 is 4.90 Å². The van der Waals surface area contributed by atoms with Crippen LogP contribution >= 0.6 is 11.3 Å². The third-order valence-electron chi connectivity index (χ3n) is 5.83. The minimum atomic E-state index is -4.43. The molecule has 0 radical (unpaired) electrons. The van der Waals surface area contributed by atoms with Crippen LogP contribution in [0.25, 0.3) is 0 Å². The van der Waals surface area contributed by atoms with E-state index in [4.69, 9.17) is 0 Å². The number of rotatable bonds is 2. The number of hydrogen-bond acceptors (Lipinski definition) is 4. The van der Waals surface area contributed by atoms with E-state index < -0.39 is 11.7 Å². The number of benzene rings is 1. The lowest BCUT2D eigenvalue weighted by Gasteiger charge is -2.46. The van der Waals surface area contributed by atoms with Crippen molar-refractivity contribution in [3.8, 4) is 0 Å². The Morgan fingerprint density at radius 3 is 2.48 bits per heavy atom. The van der Waals surface area contributed by atoms with E-state index in [-0.39, 0.29) is 29.5 Å². The SMILES string of the molecule is CN1CC(=O)N(c2ccsc2)CC12CCN(C(=O)c1ccc(C(F)(F)F)cc1)C2. The third-order valence-corrected chi connectivity index (χ3v) is 6.50. The molecule has 0 aliphatic carbocycles. The molecule has 0 N–H and O–H groups in total. The molecule has 2 aliphatic heterocycles. The van der Waals surface area contributed by atoms with Crippen LogP contribution in [-0.4, -0.2) is 60.4 Å². The van der Waals surface area contributed by atoms with Crippen molar-refractivity contribution in [2.45, 2.75) is 18.1 Å². The average Bonchev–Trinajstić information content (AvgIpc) is 3.35. The summed E-state index contributed by atoms with van der Waals surface area (Å²) in [7, 11) is 1.88. The van der Waals surface area contributed by atoms with E-state index in [1.807, 2.05) is 28.8 Å². The molecule has 5 nitrogen and oxygen atoms in total. The van der Waals surface area contributed by atoms with Crippen molar-refractivity contribution in [1.82, 2.24) is 9.80 Å². The van der Waals surface area contributed by atoms with Gasteiger partial charge >= 0.3 is 6.18 Å². The van der Waals surface area contributed by atoms with E-state index in [1.54, 1.807) is 9.80 Å². The molecule has 0 saturated carbocycles. The van der Waals surface area contributed by atoms with E-state index in [2.05, 4.69) is 0 Å². The highest BCUT2D eigenvalue weighted by atomic mass is 32.1. The Hall–Kier alpha value is -2.39. The standard InChI is InChI=1S/C20H20F3N3O2S/c1-24-10-17(27)26(16-6-9-29-11-16)13-19(24)7-8-25(12-19)18(28)14-2-4-15(5-3-14)20(21,22)23/h2-6,9,11H,7-8,10,12-13H2,1H3. The quantitative estimate of drug-likeness (QED) is 0.744. The second kappa shape index (κ2) is 7.14. The summed E-state index contributed by atoms with van der Waals surface area (Å²) in [6, 6.07) is 6.22. The number of halogens is 3. The van der Waals surface area contributed by atoms with Crippen LogP contribution in [0.4, 0.5) is 18.9 Å². The summed E-state index contributed by atoms with van der Waals surface area (Å²) in [5, 5.41) is 3.85. The van der Waals surface area contributed by atoms with Crippen LogP contribution in [0.1, 0.15) is 22.3 Å². The molecular formula is C20H20F3N3O2S. The van der Waals surface area contributed by atoms with Crippen LogP contribution in [0.5, 0.6) is 0 Å². The Kier molecular flexibility index (Phi) is 4.90. The van der Waals surface area contributed by atoms with E-state index in [9.17, 15) is 22.8 Å². The fourth-order valence-electron chi connectivity index (χ4n) is 4.06. The summed E-state index contributed by atoms with van der Waals surface area (Å²) < 4.78 is 38.3. The fourth-order valence-corrected chi connectivity index (χ4v) is 4.70. The highest BCUT2D eigenvalue weighted by molar-refractivity contribution is 7.08. The van der Waals surface area contributed by atoms with Gasteiger partial charge in [-0.1, -0.05) is 0 Å². The summed E-state index contributed by atoms with van der Waals surface area (Å²) in [4.78, 5) is 30.8. The van der Waals surface area contributed by atoms with Gasteiger partial charge < -0.3 is 9.80 Å². The number of nitrogens with zero attached hydrogens (tertiary/aromatic N) is 3. The van der Waals surface area contributed by atoms with Crippen LogP contribution in [0.2, 0.25) is 0 Å². The Bertz CT molecular complexity index is 914. The molecule has 2 aliphatic rings. The first-order valence-electron chi connectivity index (χ1n) is 9.20. The molecule has 1 atom stereocenters. The average molecular weight is 423 g/mol. The number of carbonyl (C=O) groups excluding carboxylic acids is 2. The van der Waals surface area contributed by atoms with Crippen LogP contribution in [0.3, 0.4) is 0 Å². The van der Waals surface area contributed by atoms with Gasteiger partial charge in [0.15, 0.2) is 0 Å². The largest absolute Gasteiger partial charge is 0.416 e. The van der Waals surface area contributed by atoms with Crippen LogP contribution in [-0.2, 0) is 11.0 Å². The molecule has 1 unspecified atom stereocenters. The third kappa shape index (κ3) is 3.64. The highest BCUT2D eigenvalue weighted by Crippen LogP contribution is 2.35. The van der Waals surface area contributed by atoms with Gasteiger partial charge in [-0.25, -0.2) is 0 Å². The van der Waals surface area contributed by atoms with Crippen molar-refractivity contribution in [1.29, 1.82) is 0 Å². The van der Waals surface area contributed by atoms with E-state index in [0.717, 1.165) is 17.8 Å². The highest BCUT2D eigenvalue weighted by Gasteiger charge is 2.48. The van der Waals surface area contributed by atoms with Crippen molar-refractivity contribution in [3.05, 3.63) is 52.2 Å². The lowest BCUT2D eigenvalue weighted by Crippen LogP contribution is -2.64. The fraction of sp³-hybridized carbons (Fsp3) is 0.400. The van der Waals surface area contributed by atoms with Crippen LogP contribution in [0.15, 0.2) is 41.1 Å². The van der Waals surface area contributed by atoms with Gasteiger partial charge in [-0.2, -0.15) is 24.5 Å². The predicted molar refractivity (Wildman–Crippen MR) is 104 cm³/mol. The summed E-state index contributed by atoms with van der Waals surface area (Å²) in [6.45, 7) is 1.67. The minimum Gasteiger partial charge on any atom is -0.337 e. The normalized spacial score (nSPS) is 23.2. The van der Waals surface area contributed by atoms with Crippen molar-refractivity contribution in [2.24, 2.45) is 0 Å². The zero-order valence-corrected chi connectivity index (χ0v) is 16.6. The first-order chi connectivity index (χ1) is 13.7. The maximum Gasteiger partial charge on any atom is 0.416 e. The van der Waals surface area contributed by atoms with Gasteiger partial charge in [-0.05, 0) is 49.2 Å². The number of thiophene rings is 1. The molecule has 2 saturated heterocycles. The molecular weight excluding hydrogens is 403 g/mol. The van der Waals surface area contributed by atoms with Gasteiger partial charge in [-0.15, -0.1) is 0 Å². The molecule has 2 aromatic rings. The van der Waals surface area contributed by atoms with Gasteiger partial charge in [0.2, 0.25) is 5.91 Å². The lowest BCUT2D eigenvalue weighted by atomic mass is 9.93. The molecule has 3 heterocycles. The number of hydrogen-bond donors (Lipinski definition) is 0. The molecule has 1 spiro atoms. The maximum atomic E-state index is 12.9. The second-order valence-corrected chi connectivity index (χ2v) is 8.37. The Balaban J connectivity index is 1.51. The van der Waals surface area contributed by atoms with Gasteiger partial charge in [-0.3, -0.25) is 14.5 Å². The van der Waals surface area contributed by atoms with Crippen molar-refractivity contribution in [3.63, 3.8) is 0 Å². The molecule has 4 rings (SSSR count). The Morgan fingerprint density at radius 1 is 1.14 bits per heavy atom. The van der Waals surface area contributed by atoms with Gasteiger partial charge in [0.25, 0.3) is 5.91 Å². The van der Waals surface area contributed by atoms with E-state index in [0.29, 0.717) is 26.1 Å². The molecule has 2 fully saturated rings. The maximum absolute atomic E-state index is 12.9. The number of amides is 2. The van der Waals surface area contributed by atoms with Gasteiger partial charge in [0.1, 0.15) is 0 Å². The Labute approximate surface area is 170 Å².